The van der Waals surface area contributed by atoms with Gasteiger partial charge in [0.1, 0.15) is 23.9 Å². The molecule has 3 atom stereocenters. The number of nitrogens with zero attached hydrogens (tertiary/aromatic N) is 3. The quantitative estimate of drug-likeness (QED) is 0.832. The minimum Gasteiger partial charge on any atom is -0.388 e. The van der Waals surface area contributed by atoms with E-state index in [1.807, 2.05) is 13.1 Å². The highest BCUT2D eigenvalue weighted by atomic mass is 79.9. The maximum Gasteiger partial charge on any atom is 0.161 e. The molecule has 0 amide bonds. The summed E-state index contributed by atoms with van der Waals surface area (Å²) < 4.78 is 8.31. The van der Waals surface area contributed by atoms with E-state index in [-0.39, 0.29) is 6.10 Å². The highest BCUT2D eigenvalue weighted by Crippen LogP contribution is 2.35. The van der Waals surface area contributed by atoms with Crippen molar-refractivity contribution < 1.29 is 9.84 Å². The fraction of sp³-hybridized carbons (Fsp3) is 0.455. The molecule has 0 aromatic carbocycles. The van der Waals surface area contributed by atoms with Crippen molar-refractivity contribution in [3.8, 4) is 0 Å². The number of ether oxygens (including phenoxy) is 1. The molecule has 7 heteroatoms. The lowest BCUT2D eigenvalue weighted by molar-refractivity contribution is -0.0294. The number of anilines is 1. The van der Waals surface area contributed by atoms with Gasteiger partial charge in [0.05, 0.1) is 11.5 Å². The summed E-state index contributed by atoms with van der Waals surface area (Å²) >= 11 is 3.43. The zero-order valence-corrected chi connectivity index (χ0v) is 11.3. The molecule has 0 spiro atoms. The van der Waals surface area contributed by atoms with Gasteiger partial charge < -0.3 is 20.1 Å². The molecule has 6 nitrogen and oxygen atoms in total. The summed E-state index contributed by atoms with van der Waals surface area (Å²) in [6, 6.07) is 0. The number of hydrogen-bond acceptors (Lipinski definition) is 5. The number of fused-ring (bicyclic) bond motifs is 1. The van der Waals surface area contributed by atoms with E-state index in [9.17, 15) is 5.11 Å². The predicted octanol–water partition coefficient (Wildman–Crippen LogP) is 1.44. The van der Waals surface area contributed by atoms with Gasteiger partial charge in [-0.25, -0.2) is 9.97 Å². The molecule has 2 aromatic heterocycles. The molecule has 0 saturated carbocycles. The molecular formula is C11H13BrN4O2. The second-order valence-corrected chi connectivity index (χ2v) is 5.34. The summed E-state index contributed by atoms with van der Waals surface area (Å²) in [6.07, 6.45) is 2.90. The van der Waals surface area contributed by atoms with E-state index in [1.165, 1.54) is 6.33 Å². The predicted molar refractivity (Wildman–Crippen MR) is 69.8 cm³/mol. The highest BCUT2D eigenvalue weighted by Gasteiger charge is 2.34. The zero-order valence-electron chi connectivity index (χ0n) is 9.75. The van der Waals surface area contributed by atoms with E-state index < -0.39 is 12.3 Å². The van der Waals surface area contributed by atoms with Crippen molar-refractivity contribution in [2.24, 2.45) is 0 Å². The summed E-state index contributed by atoms with van der Waals surface area (Å²) in [5, 5.41) is 10.8. The number of halogens is 1. The van der Waals surface area contributed by atoms with Crippen molar-refractivity contribution in [1.82, 2.24) is 14.5 Å². The van der Waals surface area contributed by atoms with Gasteiger partial charge in [-0.15, -0.1) is 0 Å². The number of aliphatic hydroxyl groups excluding tert-OH is 1. The van der Waals surface area contributed by atoms with Crippen LogP contribution in [0.15, 0.2) is 17.0 Å². The van der Waals surface area contributed by atoms with Crippen LogP contribution in [-0.4, -0.2) is 31.8 Å². The second-order valence-electron chi connectivity index (χ2n) is 4.48. The largest absolute Gasteiger partial charge is 0.388 e. The third-order valence-electron chi connectivity index (χ3n) is 3.14. The Hall–Kier alpha value is -1.18. The van der Waals surface area contributed by atoms with Gasteiger partial charge in [-0.1, -0.05) is 0 Å². The molecular weight excluding hydrogens is 300 g/mol. The number of aliphatic hydroxyl groups is 1. The van der Waals surface area contributed by atoms with Crippen molar-refractivity contribution in [3.05, 3.63) is 17.0 Å². The molecule has 1 fully saturated rings. The Kier molecular flexibility index (Phi) is 2.76. The van der Waals surface area contributed by atoms with Crippen LogP contribution in [0.5, 0.6) is 0 Å². The van der Waals surface area contributed by atoms with Gasteiger partial charge in [-0.2, -0.15) is 0 Å². The van der Waals surface area contributed by atoms with Gasteiger partial charge in [0.15, 0.2) is 6.23 Å². The van der Waals surface area contributed by atoms with Crippen molar-refractivity contribution in [2.45, 2.75) is 31.8 Å². The minimum absolute atomic E-state index is 0.0282. The molecule has 96 valence electrons. The Morgan fingerprint density at radius 1 is 1.56 bits per heavy atom. The lowest BCUT2D eigenvalue weighted by Crippen LogP contribution is -2.19. The molecule has 1 unspecified atom stereocenters. The maximum absolute atomic E-state index is 10.0. The summed E-state index contributed by atoms with van der Waals surface area (Å²) in [5.74, 6) is 0.408. The maximum atomic E-state index is 10.0. The standard InChI is InChI=1S/C11H13BrN4O2/c1-5-2-7(17)11(18-5)16-3-6(12)8-9(13)14-4-15-10(8)16/h3-5,7,11,17H,2H2,1H3,(H2,13,14,15)/t5-,7-,11?/m1/s1. The molecule has 1 saturated heterocycles. The van der Waals surface area contributed by atoms with Gasteiger partial charge in [0.2, 0.25) is 0 Å². The Bertz CT molecular complexity index is 600. The van der Waals surface area contributed by atoms with Crippen molar-refractivity contribution in [2.75, 3.05) is 5.73 Å². The van der Waals surface area contributed by atoms with Crippen molar-refractivity contribution in [3.63, 3.8) is 0 Å². The van der Waals surface area contributed by atoms with Crippen molar-refractivity contribution in [1.29, 1.82) is 0 Å². The Labute approximate surface area is 112 Å². The van der Waals surface area contributed by atoms with E-state index in [1.54, 1.807) is 4.57 Å². The molecule has 1 aliphatic heterocycles. The third kappa shape index (κ3) is 1.70. The van der Waals surface area contributed by atoms with Gasteiger partial charge in [0.25, 0.3) is 0 Å². The number of nitrogen functional groups attached to an aromatic ring is 1. The molecule has 2 aromatic rings. The lowest BCUT2D eigenvalue weighted by Gasteiger charge is -2.16. The van der Waals surface area contributed by atoms with Gasteiger partial charge in [0, 0.05) is 17.1 Å². The van der Waals surface area contributed by atoms with Crippen LogP contribution in [0.4, 0.5) is 5.82 Å². The Balaban J connectivity index is 2.16. The SMILES string of the molecule is C[C@@H]1C[C@@H](O)C(n2cc(Br)c3c(N)ncnc32)O1. The average Bonchev–Trinajstić information content (AvgIpc) is 2.80. The normalized spacial score (nSPS) is 28.1. The Morgan fingerprint density at radius 2 is 2.33 bits per heavy atom. The molecule has 1 aliphatic rings. The fourth-order valence-electron chi connectivity index (χ4n) is 2.35. The smallest absolute Gasteiger partial charge is 0.161 e. The number of nitrogens with two attached hydrogens (primary N) is 1. The number of hydrogen-bond donors (Lipinski definition) is 2. The monoisotopic (exact) mass is 312 g/mol. The van der Waals surface area contributed by atoms with E-state index >= 15 is 0 Å². The second kappa shape index (κ2) is 4.18. The van der Waals surface area contributed by atoms with E-state index in [4.69, 9.17) is 10.5 Å². The van der Waals surface area contributed by atoms with Crippen LogP contribution in [0.1, 0.15) is 19.6 Å². The highest BCUT2D eigenvalue weighted by molar-refractivity contribution is 9.10. The minimum atomic E-state index is -0.543. The fourth-order valence-corrected chi connectivity index (χ4v) is 2.95. The summed E-state index contributed by atoms with van der Waals surface area (Å²) in [7, 11) is 0. The first-order chi connectivity index (χ1) is 8.58. The van der Waals surface area contributed by atoms with E-state index in [0.29, 0.717) is 17.9 Å². The molecule has 0 bridgehead atoms. The van der Waals surface area contributed by atoms with Gasteiger partial charge in [-0.05, 0) is 22.9 Å². The molecule has 3 N–H and O–H groups in total. The summed E-state index contributed by atoms with van der Waals surface area (Å²) in [4.78, 5) is 8.18. The molecule has 3 heterocycles. The Morgan fingerprint density at radius 3 is 3.00 bits per heavy atom. The van der Waals surface area contributed by atoms with E-state index in [0.717, 1.165) is 9.86 Å². The number of aromatic nitrogens is 3. The summed E-state index contributed by atoms with van der Waals surface area (Å²) in [6.45, 7) is 1.94. The molecule has 18 heavy (non-hydrogen) atoms. The van der Waals surface area contributed by atoms with Gasteiger partial charge in [-0.3, -0.25) is 0 Å². The van der Waals surface area contributed by atoms with Crippen LogP contribution in [0.3, 0.4) is 0 Å². The zero-order chi connectivity index (χ0) is 12.9. The lowest BCUT2D eigenvalue weighted by atomic mass is 10.2. The third-order valence-corrected chi connectivity index (χ3v) is 3.74. The van der Waals surface area contributed by atoms with Crippen molar-refractivity contribution >= 4 is 32.8 Å². The van der Waals surface area contributed by atoms with Crippen LogP contribution in [0.2, 0.25) is 0 Å². The molecule has 0 aliphatic carbocycles. The first-order valence-corrected chi connectivity index (χ1v) is 6.47. The van der Waals surface area contributed by atoms with Crippen LogP contribution < -0.4 is 5.73 Å². The van der Waals surface area contributed by atoms with Crippen LogP contribution in [0, 0.1) is 0 Å². The first kappa shape index (κ1) is 11.9. The van der Waals surface area contributed by atoms with E-state index in [2.05, 4.69) is 25.9 Å². The van der Waals surface area contributed by atoms with Crippen LogP contribution in [0.25, 0.3) is 11.0 Å². The topological polar surface area (TPSA) is 86.2 Å². The van der Waals surface area contributed by atoms with Crippen LogP contribution >= 0.6 is 15.9 Å². The first-order valence-electron chi connectivity index (χ1n) is 5.68. The molecule has 0 radical (unpaired) electrons. The van der Waals surface area contributed by atoms with Crippen LogP contribution in [-0.2, 0) is 4.74 Å². The average molecular weight is 313 g/mol. The summed E-state index contributed by atoms with van der Waals surface area (Å²) in [5.41, 5.74) is 6.49. The molecule has 3 rings (SSSR count). The van der Waals surface area contributed by atoms with Gasteiger partial charge >= 0.3 is 0 Å². The number of rotatable bonds is 1.